The lowest BCUT2D eigenvalue weighted by Gasteiger charge is -2.43. The van der Waals surface area contributed by atoms with Gasteiger partial charge in [0, 0.05) is 0 Å². The Hall–Kier alpha value is -6.81. The number of benzene rings is 8. The van der Waals surface area contributed by atoms with Crippen LogP contribution in [0.2, 0.25) is 0 Å². The summed E-state index contributed by atoms with van der Waals surface area (Å²) in [5.74, 6) is -102. The van der Waals surface area contributed by atoms with Crippen LogP contribution in [0.4, 0.5) is 123 Å². The molecule has 362 valence electrons. The SMILES string of the molecule is Fc1c(F)c(F)c2c(F)c(S(c3c(F)c(F)c4c(F)c(F)c(F)c(F)c4c3F)(c3c(F)c(F)c4c(F)c(F)c(F)c(F)c4c3F)c3c(F)c(F)c4c(F)c(F)c(F)c(F)c4c3F)c(F)c(F)c2c1F. The Morgan fingerprint density at radius 1 is 0.116 bits per heavy atom. The summed E-state index contributed by atoms with van der Waals surface area (Å²) in [5.41, 5.74) is 0. The van der Waals surface area contributed by atoms with Gasteiger partial charge in [0.2, 0.25) is 0 Å². The molecule has 0 atom stereocenters. The van der Waals surface area contributed by atoms with Crippen LogP contribution in [0.15, 0.2) is 19.6 Å². The first kappa shape index (κ1) is 48.6. The summed E-state index contributed by atoms with van der Waals surface area (Å²) in [6.07, 6.45) is 0. The quantitative estimate of drug-likeness (QED) is 0.0936. The van der Waals surface area contributed by atoms with Crippen molar-refractivity contribution in [2.75, 3.05) is 0 Å². The van der Waals surface area contributed by atoms with Gasteiger partial charge in [0.1, 0.15) is 23.3 Å². The molecule has 0 aliphatic rings. The highest BCUT2D eigenvalue weighted by atomic mass is 32.3. The third-order valence-corrected chi connectivity index (χ3v) is 14.3. The van der Waals surface area contributed by atoms with Crippen molar-refractivity contribution in [2.24, 2.45) is 0 Å². The number of hydrogen-bond donors (Lipinski definition) is 0. The summed E-state index contributed by atoms with van der Waals surface area (Å²) >= 11 is 0. The van der Waals surface area contributed by atoms with E-state index >= 15 is 87.8 Å². The number of rotatable bonds is 4. The molecular weight excluding hydrogens is 1040 g/mol. The van der Waals surface area contributed by atoms with Crippen molar-refractivity contribution in [3.63, 3.8) is 0 Å². The first-order chi connectivity index (χ1) is 32.0. The van der Waals surface area contributed by atoms with Gasteiger partial charge in [-0.15, -0.1) is 10.0 Å². The summed E-state index contributed by atoms with van der Waals surface area (Å²) in [7, 11) is -8.40. The fraction of sp³-hybridized carbons (Fsp3) is 0. The number of halogens is 28. The van der Waals surface area contributed by atoms with E-state index in [9.17, 15) is 35.1 Å². The van der Waals surface area contributed by atoms with Crippen molar-refractivity contribution >= 4 is 53.1 Å². The van der Waals surface area contributed by atoms with Crippen LogP contribution in [-0.2, 0) is 0 Å². The Bertz CT molecular complexity index is 3280. The monoisotopic (exact) mass is 1040 g/mol. The lowest BCUT2D eigenvalue weighted by Crippen LogP contribution is -2.22. The average molecular weight is 1040 g/mol. The maximum absolute atomic E-state index is 17.4. The molecule has 0 saturated carbocycles. The van der Waals surface area contributed by atoms with Crippen molar-refractivity contribution < 1.29 is 123 Å². The van der Waals surface area contributed by atoms with E-state index in [0.29, 0.717) is 0 Å². The van der Waals surface area contributed by atoms with Crippen LogP contribution in [0.25, 0.3) is 43.1 Å². The van der Waals surface area contributed by atoms with Crippen LogP contribution in [0.5, 0.6) is 0 Å². The van der Waals surface area contributed by atoms with Gasteiger partial charge in [0.05, 0.1) is 62.7 Å². The predicted molar refractivity (Wildman–Crippen MR) is 175 cm³/mol. The predicted octanol–water partition coefficient (Wildman–Crippen LogP) is 15.5. The zero-order chi connectivity index (χ0) is 51.6. The van der Waals surface area contributed by atoms with E-state index in [1.54, 1.807) is 0 Å². The smallest absolute Gasteiger partial charge is 0.198 e. The van der Waals surface area contributed by atoms with Gasteiger partial charge in [-0.2, -0.15) is 0 Å². The van der Waals surface area contributed by atoms with E-state index in [-0.39, 0.29) is 0 Å². The molecule has 0 heterocycles. The Kier molecular flexibility index (Phi) is 11.0. The maximum Gasteiger partial charge on any atom is 0.198 e. The molecule has 0 N–H and O–H groups in total. The standard InChI is InChI=1S/C40F28S/c41-9-1-5(13(45)29(61)25(9)57)21(53)37(33(65)17(1)49)69(38-22(54)6-2(18(50)34(38)66)10(42)26(58)30(62)14(6)46,39-23(55)7-3(19(51)35(39)67)11(43)27(59)31(63)15(7)47)40-24(56)8-4(20(52)36(40)68)12(44)28(60)32(64)16(8)48. The fourth-order valence-corrected chi connectivity index (χ4v) is 11.7. The fourth-order valence-electron chi connectivity index (χ4n) is 7.54. The lowest BCUT2D eigenvalue weighted by atomic mass is 10.1. The molecule has 0 aliphatic carbocycles. The van der Waals surface area contributed by atoms with Crippen LogP contribution in [0.1, 0.15) is 0 Å². The molecule has 0 aromatic heterocycles. The highest BCUT2D eigenvalue weighted by molar-refractivity contribution is 8.34. The molecule has 0 aliphatic heterocycles. The minimum Gasteiger partial charge on any atom is -0.205 e. The van der Waals surface area contributed by atoms with Crippen molar-refractivity contribution in [1.29, 1.82) is 0 Å². The summed E-state index contributed by atoms with van der Waals surface area (Å²) in [4.78, 5) is -15.8. The van der Waals surface area contributed by atoms with Crippen molar-refractivity contribution in [3.05, 3.63) is 163 Å². The van der Waals surface area contributed by atoms with E-state index in [1.807, 2.05) is 0 Å². The molecule has 0 radical (unpaired) electrons. The third-order valence-electron chi connectivity index (χ3n) is 10.4. The topological polar surface area (TPSA) is 0 Å². The molecule has 0 unspecified atom stereocenters. The third kappa shape index (κ3) is 5.74. The molecule has 8 rings (SSSR count). The maximum atomic E-state index is 17.4. The van der Waals surface area contributed by atoms with Gasteiger partial charge in [0.15, 0.2) is 140 Å². The molecule has 0 spiro atoms. The van der Waals surface area contributed by atoms with Crippen LogP contribution in [0, 0.1) is 163 Å². The first-order valence-electron chi connectivity index (χ1n) is 17.1. The lowest BCUT2D eigenvalue weighted by molar-refractivity contribution is 0.404. The average Bonchev–Trinajstić information content (AvgIpc) is 3.30. The van der Waals surface area contributed by atoms with Gasteiger partial charge in [-0.25, -0.2) is 123 Å². The molecule has 0 amide bonds. The molecule has 29 heteroatoms. The van der Waals surface area contributed by atoms with Gasteiger partial charge in [-0.05, 0) is 0 Å². The normalized spacial score (nSPS) is 12.6. The van der Waals surface area contributed by atoms with E-state index in [0.717, 1.165) is 0 Å². The van der Waals surface area contributed by atoms with Gasteiger partial charge < -0.3 is 0 Å². The van der Waals surface area contributed by atoms with Crippen molar-refractivity contribution in [3.8, 4) is 0 Å². The van der Waals surface area contributed by atoms with Gasteiger partial charge >= 0.3 is 0 Å². The molecular formula is C40F28S. The summed E-state index contributed by atoms with van der Waals surface area (Å²) < 4.78 is 442. The van der Waals surface area contributed by atoms with Gasteiger partial charge in [0.25, 0.3) is 0 Å². The largest absolute Gasteiger partial charge is 0.205 e. The molecule has 0 nitrogen and oxygen atoms in total. The van der Waals surface area contributed by atoms with E-state index in [1.165, 1.54) is 0 Å². The Morgan fingerprint density at radius 2 is 0.217 bits per heavy atom. The van der Waals surface area contributed by atoms with Crippen LogP contribution < -0.4 is 0 Å². The van der Waals surface area contributed by atoms with E-state index in [2.05, 4.69) is 0 Å². The highest BCUT2D eigenvalue weighted by Crippen LogP contribution is 2.79. The molecule has 0 fully saturated rings. The van der Waals surface area contributed by atoms with E-state index < -0.39 is 236 Å². The van der Waals surface area contributed by atoms with Crippen LogP contribution in [0.3, 0.4) is 0 Å². The van der Waals surface area contributed by atoms with Gasteiger partial charge in [-0.1, -0.05) is 0 Å². The molecule has 0 saturated heterocycles. The zero-order valence-corrected chi connectivity index (χ0v) is 31.8. The molecule has 0 bridgehead atoms. The first-order valence-corrected chi connectivity index (χ1v) is 18.7. The summed E-state index contributed by atoms with van der Waals surface area (Å²) in [5, 5.41) is -25.0. The van der Waals surface area contributed by atoms with Crippen LogP contribution >= 0.6 is 10.0 Å². The second kappa shape index (κ2) is 15.6. The highest BCUT2D eigenvalue weighted by Gasteiger charge is 2.55. The second-order valence-corrected chi connectivity index (χ2v) is 16.6. The molecule has 8 aromatic carbocycles. The number of hydrogen-bond acceptors (Lipinski definition) is 0. The molecule has 69 heavy (non-hydrogen) atoms. The number of fused-ring (bicyclic) bond motifs is 4. The summed E-state index contributed by atoms with van der Waals surface area (Å²) in [6.45, 7) is 0. The second-order valence-electron chi connectivity index (χ2n) is 13.7. The Balaban J connectivity index is 1.92. The van der Waals surface area contributed by atoms with Crippen LogP contribution in [-0.4, -0.2) is 0 Å². The minimum atomic E-state index is -8.40. The summed E-state index contributed by atoms with van der Waals surface area (Å²) in [6, 6.07) is 0. The Morgan fingerprint density at radius 3 is 0.348 bits per heavy atom. The molecule has 8 aromatic rings. The minimum absolute atomic E-state index is 3.01. The Labute approximate surface area is 358 Å². The van der Waals surface area contributed by atoms with Crippen molar-refractivity contribution in [2.45, 2.75) is 19.6 Å². The zero-order valence-electron chi connectivity index (χ0n) is 31.0. The van der Waals surface area contributed by atoms with Gasteiger partial charge in [-0.3, -0.25) is 0 Å². The van der Waals surface area contributed by atoms with Crippen molar-refractivity contribution in [1.82, 2.24) is 0 Å². The van der Waals surface area contributed by atoms with E-state index in [4.69, 9.17) is 0 Å².